The SMILES string of the molecule is CCCc1ccc(C#CC#Cc2ccc(C#N)cc2)s1. The Kier molecular flexibility index (Phi) is 5.02. The maximum absolute atomic E-state index is 8.70. The monoisotopic (exact) mass is 275 g/mol. The van der Waals surface area contributed by atoms with Gasteiger partial charge in [0.2, 0.25) is 0 Å². The van der Waals surface area contributed by atoms with Gasteiger partial charge >= 0.3 is 0 Å². The standard InChI is InChI=1S/C18H13NS/c1-2-5-17-12-13-18(20-17)7-4-3-6-15-8-10-16(14-19)11-9-15/h8-13H,2,5H2,1H3. The van der Waals surface area contributed by atoms with Crippen LogP contribution in [0.4, 0.5) is 0 Å². The van der Waals surface area contributed by atoms with Gasteiger partial charge in [0, 0.05) is 10.4 Å². The third-order valence-corrected chi connectivity index (χ3v) is 3.69. The average Bonchev–Trinajstić information content (AvgIpc) is 2.92. The van der Waals surface area contributed by atoms with Gasteiger partial charge in [0.05, 0.1) is 16.5 Å². The van der Waals surface area contributed by atoms with Gasteiger partial charge in [-0.3, -0.25) is 0 Å². The highest BCUT2D eigenvalue weighted by atomic mass is 32.1. The molecule has 0 unspecified atom stereocenters. The summed E-state index contributed by atoms with van der Waals surface area (Å²) in [4.78, 5) is 2.43. The van der Waals surface area contributed by atoms with Gasteiger partial charge in [0.1, 0.15) is 0 Å². The molecule has 0 amide bonds. The highest BCUT2D eigenvalue weighted by molar-refractivity contribution is 7.12. The zero-order valence-corrected chi connectivity index (χ0v) is 12.1. The Morgan fingerprint density at radius 2 is 1.65 bits per heavy atom. The molecule has 0 aliphatic heterocycles. The Balaban J connectivity index is 2.03. The number of hydrogen-bond acceptors (Lipinski definition) is 2. The van der Waals surface area contributed by atoms with Crippen molar-refractivity contribution in [2.45, 2.75) is 19.8 Å². The number of rotatable bonds is 2. The Morgan fingerprint density at radius 1 is 0.950 bits per heavy atom. The van der Waals surface area contributed by atoms with Crippen LogP contribution in [0.2, 0.25) is 0 Å². The smallest absolute Gasteiger partial charge is 0.0991 e. The van der Waals surface area contributed by atoms with Crippen molar-refractivity contribution in [3.8, 4) is 29.8 Å². The van der Waals surface area contributed by atoms with Crippen LogP contribution in [0.3, 0.4) is 0 Å². The molecule has 0 saturated heterocycles. The summed E-state index contributed by atoms with van der Waals surface area (Å²) < 4.78 is 0. The molecule has 96 valence electrons. The van der Waals surface area contributed by atoms with Crippen molar-refractivity contribution in [1.29, 1.82) is 5.26 Å². The first-order valence-corrected chi connectivity index (χ1v) is 7.24. The molecule has 0 saturated carbocycles. The maximum atomic E-state index is 8.70. The Hall–Kier alpha value is -2.47. The minimum absolute atomic E-state index is 0.642. The second kappa shape index (κ2) is 7.20. The number of thiophene rings is 1. The van der Waals surface area contributed by atoms with E-state index in [1.165, 1.54) is 4.88 Å². The van der Waals surface area contributed by atoms with Crippen LogP contribution in [0.5, 0.6) is 0 Å². The maximum Gasteiger partial charge on any atom is 0.0991 e. The molecular formula is C18H13NS. The normalized spacial score (nSPS) is 8.80. The van der Waals surface area contributed by atoms with Crippen molar-refractivity contribution >= 4 is 11.3 Å². The number of hydrogen-bond donors (Lipinski definition) is 0. The van der Waals surface area contributed by atoms with Crippen molar-refractivity contribution in [1.82, 2.24) is 0 Å². The van der Waals surface area contributed by atoms with Gasteiger partial charge in [-0.1, -0.05) is 19.3 Å². The summed E-state index contributed by atoms with van der Waals surface area (Å²) in [5, 5.41) is 8.70. The Labute approximate surface area is 123 Å². The molecule has 2 heteroatoms. The number of benzene rings is 1. The summed E-state index contributed by atoms with van der Waals surface area (Å²) in [6, 6.07) is 13.4. The van der Waals surface area contributed by atoms with Gasteiger partial charge in [-0.15, -0.1) is 11.3 Å². The number of nitrogens with zero attached hydrogens (tertiary/aromatic N) is 1. The Bertz CT molecular complexity index is 737. The molecule has 1 nitrogen and oxygen atoms in total. The zero-order valence-electron chi connectivity index (χ0n) is 11.2. The zero-order chi connectivity index (χ0) is 14.2. The second-order valence-corrected chi connectivity index (χ2v) is 5.37. The summed E-state index contributed by atoms with van der Waals surface area (Å²) in [5.41, 5.74) is 1.51. The van der Waals surface area contributed by atoms with Crippen LogP contribution in [-0.2, 0) is 6.42 Å². The molecule has 0 N–H and O–H groups in total. The first kappa shape index (κ1) is 14.0. The summed E-state index contributed by atoms with van der Waals surface area (Å²) in [6.45, 7) is 2.17. The predicted molar refractivity (Wildman–Crippen MR) is 83.2 cm³/mol. The van der Waals surface area contributed by atoms with E-state index in [4.69, 9.17) is 5.26 Å². The first-order chi connectivity index (χ1) is 9.81. The van der Waals surface area contributed by atoms with Crippen LogP contribution in [-0.4, -0.2) is 0 Å². The predicted octanol–water partition coefficient (Wildman–Crippen LogP) is 3.98. The minimum Gasteiger partial charge on any atom is -0.192 e. The first-order valence-electron chi connectivity index (χ1n) is 6.42. The number of aryl methyl sites for hydroxylation is 1. The van der Waals surface area contributed by atoms with Crippen molar-refractivity contribution in [3.05, 3.63) is 57.3 Å². The molecule has 0 bridgehead atoms. The van der Waals surface area contributed by atoms with Crippen molar-refractivity contribution < 1.29 is 0 Å². The van der Waals surface area contributed by atoms with E-state index < -0.39 is 0 Å². The van der Waals surface area contributed by atoms with Crippen LogP contribution in [0.15, 0.2) is 36.4 Å². The van der Waals surface area contributed by atoms with Crippen LogP contribution < -0.4 is 0 Å². The Morgan fingerprint density at radius 3 is 2.35 bits per heavy atom. The van der Waals surface area contributed by atoms with Crippen molar-refractivity contribution in [2.24, 2.45) is 0 Å². The molecule has 0 fully saturated rings. The molecular weight excluding hydrogens is 262 g/mol. The van der Waals surface area contributed by atoms with Gasteiger partial charge < -0.3 is 0 Å². The van der Waals surface area contributed by atoms with E-state index in [9.17, 15) is 0 Å². The van der Waals surface area contributed by atoms with E-state index in [-0.39, 0.29) is 0 Å². The van der Waals surface area contributed by atoms with Crippen LogP contribution in [0, 0.1) is 35.0 Å². The summed E-state index contributed by atoms with van der Waals surface area (Å²) in [6.07, 6.45) is 2.27. The summed E-state index contributed by atoms with van der Waals surface area (Å²) in [7, 11) is 0. The fraction of sp³-hybridized carbons (Fsp3) is 0.167. The largest absolute Gasteiger partial charge is 0.192 e. The highest BCUT2D eigenvalue weighted by Gasteiger charge is 1.95. The third kappa shape index (κ3) is 4.03. The average molecular weight is 275 g/mol. The van der Waals surface area contributed by atoms with Gasteiger partial charge in [0.15, 0.2) is 0 Å². The van der Waals surface area contributed by atoms with E-state index in [0.29, 0.717) is 5.56 Å². The molecule has 0 aliphatic rings. The van der Waals surface area contributed by atoms with Gasteiger partial charge in [-0.25, -0.2) is 0 Å². The van der Waals surface area contributed by atoms with E-state index in [2.05, 4.69) is 42.7 Å². The van der Waals surface area contributed by atoms with Gasteiger partial charge in [0.25, 0.3) is 0 Å². The topological polar surface area (TPSA) is 23.8 Å². The fourth-order valence-corrected chi connectivity index (χ4v) is 2.61. The second-order valence-electron chi connectivity index (χ2n) is 4.21. The molecule has 20 heavy (non-hydrogen) atoms. The van der Waals surface area contributed by atoms with Gasteiger partial charge in [-0.2, -0.15) is 5.26 Å². The third-order valence-electron chi connectivity index (χ3n) is 2.63. The van der Waals surface area contributed by atoms with E-state index in [1.807, 2.05) is 18.2 Å². The van der Waals surface area contributed by atoms with E-state index >= 15 is 0 Å². The minimum atomic E-state index is 0.642. The molecule has 0 spiro atoms. The lowest BCUT2D eigenvalue weighted by Gasteiger charge is -1.88. The quantitative estimate of drug-likeness (QED) is 0.761. The van der Waals surface area contributed by atoms with Crippen LogP contribution >= 0.6 is 11.3 Å². The lowest BCUT2D eigenvalue weighted by atomic mass is 10.1. The number of nitriles is 1. The molecule has 0 radical (unpaired) electrons. The highest BCUT2D eigenvalue weighted by Crippen LogP contribution is 2.16. The molecule has 2 aromatic rings. The van der Waals surface area contributed by atoms with E-state index in [1.54, 1.807) is 23.5 Å². The van der Waals surface area contributed by atoms with Crippen LogP contribution in [0.25, 0.3) is 0 Å². The van der Waals surface area contributed by atoms with Crippen molar-refractivity contribution in [3.63, 3.8) is 0 Å². The van der Waals surface area contributed by atoms with Crippen LogP contribution in [0.1, 0.15) is 34.2 Å². The summed E-state index contributed by atoms with van der Waals surface area (Å²) >= 11 is 1.73. The molecule has 1 aromatic carbocycles. The molecule has 1 aromatic heterocycles. The summed E-state index contributed by atoms with van der Waals surface area (Å²) in [5.74, 6) is 11.7. The fourth-order valence-electron chi connectivity index (χ4n) is 1.65. The molecule has 1 heterocycles. The van der Waals surface area contributed by atoms with Gasteiger partial charge in [-0.05, 0) is 60.6 Å². The molecule has 0 aliphatic carbocycles. The molecule has 2 rings (SSSR count). The lowest BCUT2D eigenvalue weighted by Crippen LogP contribution is -1.75. The van der Waals surface area contributed by atoms with Crippen molar-refractivity contribution in [2.75, 3.05) is 0 Å². The molecule has 0 atom stereocenters. The lowest BCUT2D eigenvalue weighted by molar-refractivity contribution is 0.940. The van der Waals surface area contributed by atoms with E-state index in [0.717, 1.165) is 23.3 Å².